The number of fused-ring (bicyclic) bond motifs is 4. The minimum atomic E-state index is -1.18. The number of aromatic nitrogens is 6. The lowest BCUT2D eigenvalue weighted by Crippen LogP contribution is -2.45. The van der Waals surface area contributed by atoms with Crippen LogP contribution in [0.15, 0.2) is 30.9 Å². The fourth-order valence-corrected chi connectivity index (χ4v) is 6.44. The van der Waals surface area contributed by atoms with Gasteiger partial charge in [0.25, 0.3) is 0 Å². The summed E-state index contributed by atoms with van der Waals surface area (Å²) in [6, 6.07) is 1.30. The molecule has 7 rings (SSSR count). The van der Waals surface area contributed by atoms with Gasteiger partial charge in [-0.3, -0.25) is 14.3 Å². The number of carboxylic acid groups (broad SMARTS) is 1. The maximum Gasteiger partial charge on any atom is 0.307 e. The number of primary amides is 1. The summed E-state index contributed by atoms with van der Waals surface area (Å²) >= 11 is 0. The Kier molecular flexibility index (Phi) is 6.15. The molecule has 1 amide bonds. The highest BCUT2D eigenvalue weighted by molar-refractivity contribution is 5.91. The largest absolute Gasteiger partial charge is 0.481 e. The molecule has 0 radical (unpaired) electrons. The number of H-pyrrole nitrogens is 1. The zero-order chi connectivity index (χ0) is 28.3. The molecular weight excluding hydrogens is 520 g/mol. The number of hydrogen-bond acceptors (Lipinski definition) is 6. The number of nitrogens with zero attached hydrogens (tertiary/aromatic N) is 5. The van der Waals surface area contributed by atoms with Crippen molar-refractivity contribution in [2.75, 3.05) is 0 Å². The zero-order valence-electron chi connectivity index (χ0n) is 22.1. The van der Waals surface area contributed by atoms with E-state index in [1.54, 1.807) is 20.0 Å². The lowest BCUT2D eigenvalue weighted by Gasteiger charge is -2.46. The van der Waals surface area contributed by atoms with Crippen LogP contribution in [0.5, 0.6) is 0 Å². The number of carbonyl (C=O) groups excluding carboxylic acids is 1. The van der Waals surface area contributed by atoms with Gasteiger partial charge in [0.1, 0.15) is 22.7 Å². The normalized spacial score (nSPS) is 22.6. The van der Waals surface area contributed by atoms with E-state index in [1.165, 1.54) is 23.1 Å². The lowest BCUT2D eigenvalue weighted by molar-refractivity contribution is -0.152. The number of pyridine rings is 1. The molecule has 2 unspecified atom stereocenters. The van der Waals surface area contributed by atoms with Gasteiger partial charge in [-0.15, -0.1) is 0 Å². The van der Waals surface area contributed by atoms with Crippen molar-refractivity contribution >= 4 is 22.9 Å². The van der Waals surface area contributed by atoms with E-state index in [0.717, 1.165) is 31.9 Å². The van der Waals surface area contributed by atoms with E-state index in [1.807, 2.05) is 0 Å². The van der Waals surface area contributed by atoms with E-state index in [-0.39, 0.29) is 41.4 Å². The number of carboxylic acids is 1. The summed E-state index contributed by atoms with van der Waals surface area (Å²) in [4.78, 5) is 40.4. The third-order valence-electron chi connectivity index (χ3n) is 8.80. The van der Waals surface area contributed by atoms with E-state index in [0.29, 0.717) is 22.2 Å². The topological polar surface area (TPSA) is 153 Å². The molecule has 0 saturated heterocycles. The van der Waals surface area contributed by atoms with Crippen LogP contribution >= 0.6 is 0 Å². The molecule has 10 nitrogen and oxygen atoms in total. The number of aliphatic carboxylic acids is 1. The van der Waals surface area contributed by atoms with Crippen LogP contribution in [0.3, 0.4) is 0 Å². The first-order valence-corrected chi connectivity index (χ1v) is 13.3. The van der Waals surface area contributed by atoms with Crippen molar-refractivity contribution in [3.63, 3.8) is 0 Å². The number of nitrogens with one attached hydrogen (secondary N) is 1. The molecule has 4 N–H and O–H groups in total. The first-order chi connectivity index (χ1) is 19.0. The minimum Gasteiger partial charge on any atom is -0.481 e. The maximum atomic E-state index is 16.3. The number of nitrogens with two attached hydrogens (primary N) is 1. The second-order valence-electron chi connectivity index (χ2n) is 11.4. The fraction of sp³-hybridized carbons (Fsp3) is 0.429. The van der Waals surface area contributed by atoms with Gasteiger partial charge in [0.05, 0.1) is 24.0 Å². The molecular formula is C28H29F2N7O3. The fourth-order valence-electron chi connectivity index (χ4n) is 6.44. The van der Waals surface area contributed by atoms with Crippen LogP contribution in [0, 0.1) is 35.3 Å². The van der Waals surface area contributed by atoms with E-state index in [4.69, 9.17) is 5.73 Å². The lowest BCUT2D eigenvalue weighted by atomic mass is 9.57. The Hall–Kier alpha value is -4.22. The molecule has 3 saturated carbocycles. The minimum absolute atomic E-state index is 0.0573. The molecule has 0 spiro atoms. The van der Waals surface area contributed by atoms with Gasteiger partial charge in [0.15, 0.2) is 11.6 Å². The van der Waals surface area contributed by atoms with Crippen molar-refractivity contribution in [2.24, 2.45) is 29.4 Å². The third kappa shape index (κ3) is 4.22. The van der Waals surface area contributed by atoms with Crippen LogP contribution < -0.4 is 5.73 Å². The predicted octanol–water partition coefficient (Wildman–Crippen LogP) is 4.06. The summed E-state index contributed by atoms with van der Waals surface area (Å²) in [5, 5.41) is 14.7. The number of hydrogen-bond donors (Lipinski definition) is 3. The van der Waals surface area contributed by atoms with Crippen molar-refractivity contribution in [1.82, 2.24) is 29.7 Å². The highest BCUT2D eigenvalue weighted by Gasteiger charge is 2.47. The molecule has 4 aromatic rings. The van der Waals surface area contributed by atoms with Crippen molar-refractivity contribution < 1.29 is 23.5 Å². The Labute approximate surface area is 228 Å². The molecule has 208 valence electrons. The second kappa shape index (κ2) is 9.46. The molecule has 2 atom stereocenters. The molecule has 3 aliphatic carbocycles. The van der Waals surface area contributed by atoms with Crippen LogP contribution in [-0.2, 0) is 21.5 Å². The Morgan fingerprint density at radius 1 is 1.15 bits per heavy atom. The Balaban J connectivity index is 1.50. The van der Waals surface area contributed by atoms with Crippen LogP contribution in [0.25, 0.3) is 33.7 Å². The monoisotopic (exact) mass is 549 g/mol. The standard InChI is InChI=1S/C28H29F2N7O3/c1-28(2,27(31)40)37-12-15(9-34-37)23-22(30)20(8-17-13-3-5-14(6-4-13)21(17)26(38)39)35-25(36-23)19-11-33-24-18(19)7-16(29)10-32-24/h7,9-14,17,21H,3-6,8H2,1-2H3,(H2,31,40)(H,32,33)(H,38,39). The molecule has 3 fully saturated rings. The van der Waals surface area contributed by atoms with Crippen LogP contribution in [0.4, 0.5) is 8.78 Å². The molecule has 3 aliphatic rings. The van der Waals surface area contributed by atoms with E-state index in [2.05, 4.69) is 25.0 Å². The molecule has 0 aliphatic heterocycles. The van der Waals surface area contributed by atoms with Gasteiger partial charge in [-0.2, -0.15) is 5.10 Å². The first-order valence-electron chi connectivity index (χ1n) is 13.3. The SMILES string of the molecule is CC(C)(C(N)=O)n1cc(-c2nc(-c3c[nH]c4ncc(F)cc34)nc(CC3C4CCC(CC4)C3C(=O)O)c2F)cn1. The average Bonchev–Trinajstić information content (AvgIpc) is 3.58. The Bertz CT molecular complexity index is 1640. The maximum absolute atomic E-state index is 16.3. The van der Waals surface area contributed by atoms with Gasteiger partial charge >= 0.3 is 5.97 Å². The first kappa shape index (κ1) is 26.0. The highest BCUT2D eigenvalue weighted by Crippen LogP contribution is 2.50. The van der Waals surface area contributed by atoms with E-state index in [9.17, 15) is 19.1 Å². The summed E-state index contributed by atoms with van der Waals surface area (Å²) in [5.74, 6) is -3.18. The number of halogens is 2. The van der Waals surface area contributed by atoms with E-state index >= 15 is 4.39 Å². The van der Waals surface area contributed by atoms with Crippen molar-refractivity contribution in [1.29, 1.82) is 0 Å². The van der Waals surface area contributed by atoms with Gasteiger partial charge in [-0.25, -0.2) is 23.7 Å². The smallest absolute Gasteiger partial charge is 0.307 e. The number of aromatic amines is 1. The van der Waals surface area contributed by atoms with Crippen LogP contribution in [0.2, 0.25) is 0 Å². The van der Waals surface area contributed by atoms with Gasteiger partial charge in [0, 0.05) is 28.9 Å². The summed E-state index contributed by atoms with van der Waals surface area (Å²) in [5.41, 5.74) is 5.53. The molecule has 0 aromatic carbocycles. The Morgan fingerprint density at radius 2 is 1.88 bits per heavy atom. The number of carbonyl (C=O) groups is 2. The van der Waals surface area contributed by atoms with Gasteiger partial charge in [-0.1, -0.05) is 0 Å². The second-order valence-corrected chi connectivity index (χ2v) is 11.4. The van der Waals surface area contributed by atoms with Gasteiger partial charge in [0.2, 0.25) is 5.91 Å². The molecule has 4 aromatic heterocycles. The summed E-state index contributed by atoms with van der Waals surface area (Å²) in [6.45, 7) is 3.19. The average molecular weight is 550 g/mol. The Morgan fingerprint density at radius 3 is 2.58 bits per heavy atom. The zero-order valence-corrected chi connectivity index (χ0v) is 22.1. The van der Waals surface area contributed by atoms with E-state index < -0.39 is 35.0 Å². The van der Waals surface area contributed by atoms with Crippen molar-refractivity contribution in [3.05, 3.63) is 48.2 Å². The number of amides is 1. The van der Waals surface area contributed by atoms with Crippen LogP contribution in [0.1, 0.15) is 45.2 Å². The predicted molar refractivity (Wildman–Crippen MR) is 141 cm³/mol. The third-order valence-corrected chi connectivity index (χ3v) is 8.80. The quantitative estimate of drug-likeness (QED) is 0.314. The molecule has 2 bridgehead atoms. The number of rotatable bonds is 7. The van der Waals surface area contributed by atoms with Gasteiger partial charge < -0.3 is 15.8 Å². The van der Waals surface area contributed by atoms with Crippen LogP contribution in [-0.4, -0.2) is 46.7 Å². The summed E-state index contributed by atoms with van der Waals surface area (Å²) < 4.78 is 31.7. The summed E-state index contributed by atoms with van der Waals surface area (Å²) in [6.07, 6.45) is 9.23. The van der Waals surface area contributed by atoms with Crippen molar-refractivity contribution in [2.45, 2.75) is 51.5 Å². The molecule has 4 heterocycles. The summed E-state index contributed by atoms with van der Waals surface area (Å²) in [7, 11) is 0. The molecule has 40 heavy (non-hydrogen) atoms. The van der Waals surface area contributed by atoms with Crippen molar-refractivity contribution in [3.8, 4) is 22.6 Å². The van der Waals surface area contributed by atoms with Gasteiger partial charge in [-0.05, 0) is 69.8 Å². The molecule has 12 heteroatoms. The highest BCUT2D eigenvalue weighted by atomic mass is 19.1.